The number of aromatic nitrogens is 1. The minimum atomic E-state index is 0.260. The number of nitrogens with two attached hydrogens (primary N) is 1. The second-order valence-electron chi connectivity index (χ2n) is 2.60. The number of hydrogen-bond acceptors (Lipinski definition) is 3. The molecular formula is C7H11ClN2S. The Balaban J connectivity index is 2.39. The van der Waals surface area contributed by atoms with E-state index >= 15 is 0 Å². The fraction of sp³-hybridized carbons (Fsp3) is 0.571. The summed E-state index contributed by atoms with van der Waals surface area (Å²) in [4.78, 5) is 5.15. The van der Waals surface area contributed by atoms with Gasteiger partial charge in [-0.2, -0.15) is 0 Å². The highest BCUT2D eigenvalue weighted by Crippen LogP contribution is 2.19. The van der Waals surface area contributed by atoms with Gasteiger partial charge in [0.05, 0.1) is 0 Å². The van der Waals surface area contributed by atoms with E-state index in [4.69, 9.17) is 17.3 Å². The zero-order valence-electron chi connectivity index (χ0n) is 6.38. The maximum absolute atomic E-state index is 5.65. The van der Waals surface area contributed by atoms with Gasteiger partial charge in [-0.25, -0.2) is 4.98 Å². The lowest BCUT2D eigenvalue weighted by Crippen LogP contribution is -2.14. The molecule has 0 amide bonds. The van der Waals surface area contributed by atoms with E-state index in [1.54, 1.807) is 0 Å². The molecule has 1 rings (SSSR count). The van der Waals surface area contributed by atoms with Crippen molar-refractivity contribution in [3.63, 3.8) is 0 Å². The van der Waals surface area contributed by atoms with E-state index in [-0.39, 0.29) is 6.04 Å². The summed E-state index contributed by atoms with van der Waals surface area (Å²) in [5.74, 6) is 0. The van der Waals surface area contributed by atoms with Gasteiger partial charge in [-0.1, -0.05) is 11.6 Å². The normalized spacial score (nSPS) is 13.4. The van der Waals surface area contributed by atoms with Crippen LogP contribution >= 0.6 is 22.9 Å². The third-order valence-corrected chi connectivity index (χ3v) is 2.55. The molecule has 0 radical (unpaired) electrons. The third kappa shape index (κ3) is 3.18. The number of aryl methyl sites for hydroxylation is 1. The minimum absolute atomic E-state index is 0.260. The highest BCUT2D eigenvalue weighted by Gasteiger charge is 2.00. The van der Waals surface area contributed by atoms with Gasteiger partial charge in [0.15, 0.2) is 4.47 Å². The molecule has 2 N–H and O–H groups in total. The predicted molar refractivity (Wildman–Crippen MR) is 49.1 cm³/mol. The van der Waals surface area contributed by atoms with E-state index in [0.717, 1.165) is 12.8 Å². The molecule has 0 aliphatic carbocycles. The fourth-order valence-electron chi connectivity index (χ4n) is 0.769. The number of nitrogens with zero attached hydrogens (tertiary/aromatic N) is 1. The zero-order valence-corrected chi connectivity index (χ0v) is 7.95. The molecule has 1 aromatic rings. The van der Waals surface area contributed by atoms with Crippen molar-refractivity contribution in [3.05, 3.63) is 15.5 Å². The monoisotopic (exact) mass is 190 g/mol. The first kappa shape index (κ1) is 8.97. The van der Waals surface area contributed by atoms with Gasteiger partial charge in [0.25, 0.3) is 0 Å². The molecule has 1 aromatic heterocycles. The summed E-state index contributed by atoms with van der Waals surface area (Å²) in [5.41, 5.74) is 5.60. The summed E-state index contributed by atoms with van der Waals surface area (Å²) in [7, 11) is 0. The Morgan fingerprint density at radius 1 is 1.82 bits per heavy atom. The van der Waals surface area contributed by atoms with Crippen LogP contribution in [0.3, 0.4) is 0 Å². The van der Waals surface area contributed by atoms with E-state index in [2.05, 4.69) is 4.98 Å². The number of hydrogen-bond donors (Lipinski definition) is 1. The van der Waals surface area contributed by atoms with E-state index < -0.39 is 0 Å². The molecule has 0 saturated heterocycles. The zero-order chi connectivity index (χ0) is 8.27. The van der Waals surface area contributed by atoms with Crippen LogP contribution in [0.1, 0.15) is 18.2 Å². The molecule has 1 heterocycles. The molecule has 0 saturated carbocycles. The molecular weight excluding hydrogens is 180 g/mol. The third-order valence-electron chi connectivity index (χ3n) is 1.37. The first-order chi connectivity index (χ1) is 5.18. The summed E-state index contributed by atoms with van der Waals surface area (Å²) in [6.07, 6.45) is 3.80. The largest absolute Gasteiger partial charge is 0.328 e. The van der Waals surface area contributed by atoms with Crippen LogP contribution in [-0.2, 0) is 6.42 Å². The lowest BCUT2D eigenvalue weighted by molar-refractivity contribution is 0.670. The molecule has 62 valence electrons. The Kier molecular flexibility index (Phi) is 3.30. The average molecular weight is 191 g/mol. The van der Waals surface area contributed by atoms with Crippen LogP contribution in [0.2, 0.25) is 4.47 Å². The van der Waals surface area contributed by atoms with Crippen LogP contribution in [0.15, 0.2) is 6.20 Å². The lowest BCUT2D eigenvalue weighted by atomic mass is 10.2. The van der Waals surface area contributed by atoms with E-state index in [9.17, 15) is 0 Å². The summed E-state index contributed by atoms with van der Waals surface area (Å²) < 4.78 is 0.615. The van der Waals surface area contributed by atoms with Crippen molar-refractivity contribution in [2.45, 2.75) is 25.8 Å². The first-order valence-electron chi connectivity index (χ1n) is 3.54. The van der Waals surface area contributed by atoms with Crippen LogP contribution in [0.5, 0.6) is 0 Å². The summed E-state index contributed by atoms with van der Waals surface area (Å²) in [6.45, 7) is 2.00. The highest BCUT2D eigenvalue weighted by molar-refractivity contribution is 7.15. The van der Waals surface area contributed by atoms with Crippen LogP contribution in [-0.4, -0.2) is 11.0 Å². The number of thiazole rings is 1. The summed E-state index contributed by atoms with van der Waals surface area (Å²) in [6, 6.07) is 0.260. The van der Waals surface area contributed by atoms with Gasteiger partial charge in [-0.15, -0.1) is 11.3 Å². The van der Waals surface area contributed by atoms with Crippen LogP contribution in [0, 0.1) is 0 Å². The fourth-order valence-corrected chi connectivity index (χ4v) is 1.76. The predicted octanol–water partition coefficient (Wildman–Crippen LogP) is 2.08. The molecule has 0 fully saturated rings. The second kappa shape index (κ2) is 4.04. The van der Waals surface area contributed by atoms with Crippen LogP contribution in [0.4, 0.5) is 0 Å². The first-order valence-corrected chi connectivity index (χ1v) is 4.73. The molecule has 0 spiro atoms. The lowest BCUT2D eigenvalue weighted by Gasteiger charge is -2.00. The Hall–Kier alpha value is -0.120. The number of rotatable bonds is 3. The highest BCUT2D eigenvalue weighted by atomic mass is 35.5. The van der Waals surface area contributed by atoms with Crippen LogP contribution < -0.4 is 5.73 Å². The van der Waals surface area contributed by atoms with Crippen molar-refractivity contribution >= 4 is 22.9 Å². The average Bonchev–Trinajstić information content (AvgIpc) is 2.31. The van der Waals surface area contributed by atoms with Crippen molar-refractivity contribution < 1.29 is 0 Å². The summed E-state index contributed by atoms with van der Waals surface area (Å²) in [5, 5.41) is 0. The van der Waals surface area contributed by atoms with Gasteiger partial charge >= 0.3 is 0 Å². The van der Waals surface area contributed by atoms with Crippen LogP contribution in [0.25, 0.3) is 0 Å². The summed E-state index contributed by atoms with van der Waals surface area (Å²) >= 11 is 7.18. The molecule has 4 heteroatoms. The van der Waals surface area contributed by atoms with Crippen molar-refractivity contribution in [1.82, 2.24) is 4.98 Å². The van der Waals surface area contributed by atoms with Crippen molar-refractivity contribution in [2.24, 2.45) is 5.73 Å². The second-order valence-corrected chi connectivity index (χ2v) is 4.29. The van der Waals surface area contributed by atoms with Gasteiger partial charge in [0.1, 0.15) is 0 Å². The van der Waals surface area contributed by atoms with Gasteiger partial charge in [-0.05, 0) is 19.8 Å². The van der Waals surface area contributed by atoms with E-state index in [1.807, 2.05) is 13.1 Å². The topological polar surface area (TPSA) is 38.9 Å². The van der Waals surface area contributed by atoms with Crippen molar-refractivity contribution in [2.75, 3.05) is 0 Å². The van der Waals surface area contributed by atoms with Gasteiger partial charge < -0.3 is 5.73 Å². The van der Waals surface area contributed by atoms with Gasteiger partial charge in [0.2, 0.25) is 0 Å². The molecule has 0 bridgehead atoms. The van der Waals surface area contributed by atoms with Crippen molar-refractivity contribution in [1.29, 1.82) is 0 Å². The Bertz CT molecular complexity index is 222. The smallest absolute Gasteiger partial charge is 0.183 e. The Morgan fingerprint density at radius 2 is 2.55 bits per heavy atom. The molecule has 0 aliphatic heterocycles. The van der Waals surface area contributed by atoms with E-state index in [1.165, 1.54) is 16.2 Å². The van der Waals surface area contributed by atoms with Gasteiger partial charge in [-0.3, -0.25) is 0 Å². The standard InChI is InChI=1S/C7H11ClN2S/c1-5(9)2-3-6-4-10-7(8)11-6/h4-5H,2-3,9H2,1H3/t5-/m1/s1. The van der Waals surface area contributed by atoms with Gasteiger partial charge in [0, 0.05) is 17.1 Å². The molecule has 0 aromatic carbocycles. The molecule has 0 unspecified atom stereocenters. The molecule has 2 nitrogen and oxygen atoms in total. The quantitative estimate of drug-likeness (QED) is 0.793. The Labute approximate surface area is 75.4 Å². The SMILES string of the molecule is C[C@@H](N)CCc1cnc(Cl)s1. The molecule has 0 aliphatic rings. The Morgan fingerprint density at radius 3 is 3.00 bits per heavy atom. The minimum Gasteiger partial charge on any atom is -0.328 e. The van der Waals surface area contributed by atoms with Crippen molar-refractivity contribution in [3.8, 4) is 0 Å². The maximum Gasteiger partial charge on any atom is 0.183 e. The molecule has 1 atom stereocenters. The maximum atomic E-state index is 5.65. The number of halogens is 1. The van der Waals surface area contributed by atoms with E-state index in [0.29, 0.717) is 4.47 Å². The molecule has 11 heavy (non-hydrogen) atoms.